The van der Waals surface area contributed by atoms with Gasteiger partial charge >= 0.3 is 0 Å². The van der Waals surface area contributed by atoms with Gasteiger partial charge in [-0.05, 0) is 36.8 Å². The third-order valence-corrected chi connectivity index (χ3v) is 5.78. The second-order valence-corrected chi connectivity index (χ2v) is 7.78. The summed E-state index contributed by atoms with van der Waals surface area (Å²) < 4.78 is 12.7. The fourth-order valence-electron chi connectivity index (χ4n) is 4.19. The average molecular weight is 419 g/mol. The molecule has 8 heteroatoms. The number of benzene rings is 2. The number of aromatic nitrogens is 4. The van der Waals surface area contributed by atoms with Crippen LogP contribution in [0.25, 0.3) is 16.6 Å². The Balaban J connectivity index is 1.35. The summed E-state index contributed by atoms with van der Waals surface area (Å²) in [4.78, 5) is 14.3. The summed E-state index contributed by atoms with van der Waals surface area (Å²) in [6.07, 6.45) is 0. The number of anilines is 1. The minimum atomic E-state index is 0.755. The maximum absolute atomic E-state index is 5.44. The summed E-state index contributed by atoms with van der Waals surface area (Å²) in [5.41, 5.74) is 3.03. The number of para-hydroxylation sites is 1. The zero-order valence-corrected chi connectivity index (χ0v) is 18.1. The minimum Gasteiger partial charge on any atom is -0.493 e. The number of methoxy groups -OCH3 is 2. The van der Waals surface area contributed by atoms with Gasteiger partial charge in [-0.25, -0.2) is 9.97 Å². The van der Waals surface area contributed by atoms with Crippen LogP contribution in [0.3, 0.4) is 0 Å². The van der Waals surface area contributed by atoms with Gasteiger partial charge in [0, 0.05) is 38.1 Å². The van der Waals surface area contributed by atoms with E-state index in [1.54, 1.807) is 14.2 Å². The number of rotatable bonds is 5. The number of aryl methyl sites for hydroxylation is 1. The van der Waals surface area contributed by atoms with Crippen LogP contribution in [-0.2, 0) is 6.54 Å². The van der Waals surface area contributed by atoms with Crippen molar-refractivity contribution in [3.05, 3.63) is 53.9 Å². The van der Waals surface area contributed by atoms with Crippen LogP contribution in [0.5, 0.6) is 11.5 Å². The van der Waals surface area contributed by atoms with Crippen LogP contribution in [0.4, 0.5) is 5.95 Å². The van der Waals surface area contributed by atoms with E-state index >= 15 is 0 Å². The van der Waals surface area contributed by atoms with Crippen molar-refractivity contribution in [2.45, 2.75) is 13.5 Å². The SMILES string of the molecule is COc1ccc(CN2CCN(c3nc4ccccc4c4nc(C)nn34)CC2)cc1OC. The van der Waals surface area contributed by atoms with E-state index in [0.717, 1.165) is 72.5 Å². The van der Waals surface area contributed by atoms with E-state index in [1.165, 1.54) is 5.56 Å². The molecule has 0 aliphatic carbocycles. The van der Waals surface area contributed by atoms with Crippen LogP contribution in [-0.4, -0.2) is 64.9 Å². The van der Waals surface area contributed by atoms with Gasteiger partial charge in [-0.15, -0.1) is 5.10 Å². The van der Waals surface area contributed by atoms with E-state index < -0.39 is 0 Å². The third kappa shape index (κ3) is 3.63. The Morgan fingerprint density at radius 2 is 1.68 bits per heavy atom. The summed E-state index contributed by atoms with van der Waals surface area (Å²) in [6.45, 7) is 6.44. The molecule has 4 aromatic rings. The Labute approximate surface area is 181 Å². The fourth-order valence-corrected chi connectivity index (χ4v) is 4.19. The average Bonchev–Trinajstić information content (AvgIpc) is 3.20. The lowest BCUT2D eigenvalue weighted by Crippen LogP contribution is -2.47. The Kier molecular flexibility index (Phi) is 5.07. The Morgan fingerprint density at radius 1 is 0.903 bits per heavy atom. The van der Waals surface area contributed by atoms with Crippen molar-refractivity contribution >= 4 is 22.5 Å². The normalized spacial score (nSPS) is 15.0. The van der Waals surface area contributed by atoms with Crippen molar-refractivity contribution in [3.8, 4) is 11.5 Å². The van der Waals surface area contributed by atoms with Gasteiger partial charge in [0.05, 0.1) is 19.7 Å². The lowest BCUT2D eigenvalue weighted by Gasteiger charge is -2.35. The second kappa shape index (κ2) is 8.03. The molecule has 0 bridgehead atoms. The first-order valence-corrected chi connectivity index (χ1v) is 10.5. The van der Waals surface area contributed by atoms with Crippen molar-refractivity contribution in [1.29, 1.82) is 0 Å². The topological polar surface area (TPSA) is 68.0 Å². The monoisotopic (exact) mass is 418 g/mol. The van der Waals surface area contributed by atoms with Crippen molar-refractivity contribution in [2.24, 2.45) is 0 Å². The molecule has 0 saturated carbocycles. The summed E-state index contributed by atoms with van der Waals surface area (Å²) in [7, 11) is 3.33. The Hall–Kier alpha value is -3.39. The highest BCUT2D eigenvalue weighted by Gasteiger charge is 2.22. The highest BCUT2D eigenvalue weighted by Crippen LogP contribution is 2.28. The van der Waals surface area contributed by atoms with Crippen LogP contribution in [0, 0.1) is 6.92 Å². The summed E-state index contributed by atoms with van der Waals surface area (Å²) >= 11 is 0. The molecular weight excluding hydrogens is 392 g/mol. The smallest absolute Gasteiger partial charge is 0.229 e. The molecule has 2 aromatic carbocycles. The number of hydrogen-bond acceptors (Lipinski definition) is 7. The molecule has 0 unspecified atom stereocenters. The van der Waals surface area contributed by atoms with Gasteiger partial charge in [0.2, 0.25) is 5.95 Å². The Bertz CT molecular complexity index is 1230. The molecule has 0 amide bonds. The van der Waals surface area contributed by atoms with E-state index in [9.17, 15) is 0 Å². The van der Waals surface area contributed by atoms with E-state index in [0.29, 0.717) is 0 Å². The molecule has 1 aliphatic heterocycles. The van der Waals surface area contributed by atoms with Gasteiger partial charge in [0.15, 0.2) is 17.1 Å². The Morgan fingerprint density at radius 3 is 2.45 bits per heavy atom. The van der Waals surface area contributed by atoms with E-state index in [2.05, 4.69) is 38.1 Å². The maximum atomic E-state index is 5.44. The first kappa shape index (κ1) is 19.6. The van der Waals surface area contributed by atoms with Crippen molar-refractivity contribution in [2.75, 3.05) is 45.3 Å². The van der Waals surface area contributed by atoms with Gasteiger partial charge in [0.1, 0.15) is 5.82 Å². The van der Waals surface area contributed by atoms with Crippen LogP contribution >= 0.6 is 0 Å². The highest BCUT2D eigenvalue weighted by atomic mass is 16.5. The number of nitrogens with zero attached hydrogens (tertiary/aromatic N) is 6. The van der Waals surface area contributed by atoms with Crippen molar-refractivity contribution < 1.29 is 9.47 Å². The second-order valence-electron chi connectivity index (χ2n) is 7.78. The predicted octanol–water partition coefficient (Wildman–Crippen LogP) is 2.93. The molecule has 2 aromatic heterocycles. The molecule has 1 aliphatic rings. The summed E-state index contributed by atoms with van der Waals surface area (Å²) in [6, 6.07) is 14.2. The van der Waals surface area contributed by atoms with Gasteiger partial charge in [0.25, 0.3) is 0 Å². The largest absolute Gasteiger partial charge is 0.493 e. The molecule has 3 heterocycles. The van der Waals surface area contributed by atoms with Gasteiger partial charge in [-0.1, -0.05) is 18.2 Å². The van der Waals surface area contributed by atoms with E-state index in [1.807, 2.05) is 35.7 Å². The fraction of sp³-hybridized carbons (Fsp3) is 0.348. The molecular formula is C23H26N6O2. The molecule has 0 spiro atoms. The number of hydrogen-bond donors (Lipinski definition) is 0. The molecule has 31 heavy (non-hydrogen) atoms. The number of ether oxygens (including phenoxy) is 2. The lowest BCUT2D eigenvalue weighted by molar-refractivity contribution is 0.248. The zero-order valence-electron chi connectivity index (χ0n) is 18.1. The molecule has 0 radical (unpaired) electrons. The molecule has 0 N–H and O–H groups in total. The predicted molar refractivity (Wildman–Crippen MR) is 120 cm³/mol. The molecule has 1 fully saturated rings. The third-order valence-electron chi connectivity index (χ3n) is 5.78. The van der Waals surface area contributed by atoms with Crippen LogP contribution < -0.4 is 14.4 Å². The molecule has 5 rings (SSSR count). The number of fused-ring (bicyclic) bond motifs is 3. The first-order valence-electron chi connectivity index (χ1n) is 10.5. The molecule has 8 nitrogen and oxygen atoms in total. The standard InChI is InChI=1S/C23H26N6O2/c1-16-24-22-18-6-4-5-7-19(18)25-23(29(22)26-16)28-12-10-27(11-13-28)15-17-8-9-20(30-2)21(14-17)31-3/h4-9,14H,10-13,15H2,1-3H3. The molecule has 160 valence electrons. The summed E-state index contributed by atoms with van der Waals surface area (Å²) in [5.74, 6) is 3.14. The molecule has 1 saturated heterocycles. The van der Waals surface area contributed by atoms with Gasteiger partial charge < -0.3 is 14.4 Å². The highest BCUT2D eigenvalue weighted by molar-refractivity contribution is 5.92. The lowest BCUT2D eigenvalue weighted by atomic mass is 10.1. The van der Waals surface area contributed by atoms with E-state index in [-0.39, 0.29) is 0 Å². The first-order chi connectivity index (χ1) is 15.2. The quantitative estimate of drug-likeness (QED) is 0.494. The molecule has 0 atom stereocenters. The van der Waals surface area contributed by atoms with E-state index in [4.69, 9.17) is 14.5 Å². The van der Waals surface area contributed by atoms with Crippen LogP contribution in [0.2, 0.25) is 0 Å². The van der Waals surface area contributed by atoms with Gasteiger partial charge in [-0.3, -0.25) is 4.90 Å². The summed E-state index contributed by atoms with van der Waals surface area (Å²) in [5, 5.41) is 5.65. The van der Waals surface area contributed by atoms with Gasteiger partial charge in [-0.2, -0.15) is 4.52 Å². The van der Waals surface area contributed by atoms with Crippen LogP contribution in [0.1, 0.15) is 11.4 Å². The maximum Gasteiger partial charge on any atom is 0.229 e. The minimum absolute atomic E-state index is 0.755. The van der Waals surface area contributed by atoms with Crippen molar-refractivity contribution in [3.63, 3.8) is 0 Å². The van der Waals surface area contributed by atoms with Crippen molar-refractivity contribution in [1.82, 2.24) is 24.5 Å². The van der Waals surface area contributed by atoms with Crippen LogP contribution in [0.15, 0.2) is 42.5 Å². The zero-order chi connectivity index (χ0) is 21.4. The number of piperazine rings is 1.